The average molecular weight is 409 g/mol. The predicted octanol–water partition coefficient (Wildman–Crippen LogP) is 4.14. The first kappa shape index (κ1) is 19.0. The second-order valence-electron chi connectivity index (χ2n) is 6.23. The van der Waals surface area contributed by atoms with E-state index in [2.05, 4.69) is 25.4 Å². The number of aromatic amines is 1. The molecule has 2 aromatic carbocycles. The highest BCUT2D eigenvalue weighted by Crippen LogP contribution is 2.29. The van der Waals surface area contributed by atoms with E-state index in [-0.39, 0.29) is 0 Å². The van der Waals surface area contributed by atoms with E-state index >= 15 is 0 Å². The summed E-state index contributed by atoms with van der Waals surface area (Å²) in [5.41, 5.74) is 2.86. The molecule has 148 valence electrons. The van der Waals surface area contributed by atoms with Crippen molar-refractivity contribution in [2.75, 3.05) is 14.2 Å². The lowest BCUT2D eigenvalue weighted by molar-refractivity contribution is 0.394. The maximum Gasteiger partial charge on any atom is 0.247 e. The number of aromatic nitrogens is 5. The number of benzene rings is 2. The highest BCUT2D eigenvalue weighted by molar-refractivity contribution is 7.98. The van der Waals surface area contributed by atoms with E-state index in [0.29, 0.717) is 40.0 Å². The van der Waals surface area contributed by atoms with Crippen LogP contribution in [0.15, 0.2) is 52.0 Å². The van der Waals surface area contributed by atoms with Crippen molar-refractivity contribution < 1.29 is 13.9 Å². The topological polar surface area (TPSA) is 99.0 Å². The summed E-state index contributed by atoms with van der Waals surface area (Å²) in [5, 5.41) is 16.0. The summed E-state index contributed by atoms with van der Waals surface area (Å²) < 4.78 is 16.4. The number of rotatable bonds is 7. The minimum absolute atomic E-state index is 0.470. The normalized spacial score (nSPS) is 10.9. The minimum Gasteiger partial charge on any atom is -0.497 e. The van der Waals surface area contributed by atoms with Gasteiger partial charge in [0.15, 0.2) is 5.82 Å². The summed E-state index contributed by atoms with van der Waals surface area (Å²) in [6.45, 7) is 2.02. The van der Waals surface area contributed by atoms with Crippen molar-refractivity contribution >= 4 is 11.8 Å². The highest BCUT2D eigenvalue weighted by atomic mass is 32.2. The van der Waals surface area contributed by atoms with E-state index in [9.17, 15) is 0 Å². The van der Waals surface area contributed by atoms with E-state index in [1.165, 1.54) is 11.8 Å². The molecule has 0 unspecified atom stereocenters. The Bertz CT molecular complexity index is 1100. The molecule has 2 heterocycles. The Morgan fingerprint density at radius 3 is 2.52 bits per heavy atom. The molecule has 29 heavy (non-hydrogen) atoms. The van der Waals surface area contributed by atoms with Gasteiger partial charge in [-0.25, -0.2) is 4.98 Å². The van der Waals surface area contributed by atoms with Gasteiger partial charge in [0.1, 0.15) is 11.5 Å². The van der Waals surface area contributed by atoms with Gasteiger partial charge in [0.25, 0.3) is 0 Å². The molecule has 0 aliphatic heterocycles. The molecule has 9 heteroatoms. The number of H-pyrrole nitrogens is 1. The monoisotopic (exact) mass is 409 g/mol. The first-order valence-electron chi connectivity index (χ1n) is 8.82. The van der Waals surface area contributed by atoms with Gasteiger partial charge in [-0.1, -0.05) is 29.5 Å². The summed E-state index contributed by atoms with van der Waals surface area (Å²) in [5.74, 6) is 3.47. The number of methoxy groups -OCH3 is 2. The molecule has 0 bridgehead atoms. The van der Waals surface area contributed by atoms with Gasteiger partial charge in [-0.15, -0.1) is 15.3 Å². The summed E-state index contributed by atoms with van der Waals surface area (Å²) in [6, 6.07) is 13.5. The molecule has 4 rings (SSSR count). The Morgan fingerprint density at radius 2 is 1.79 bits per heavy atom. The number of aryl methyl sites for hydroxylation is 1. The van der Waals surface area contributed by atoms with Crippen LogP contribution in [0.3, 0.4) is 0 Å². The lowest BCUT2D eigenvalue weighted by Gasteiger charge is -2.06. The number of nitrogens with zero attached hydrogens (tertiary/aromatic N) is 4. The third-order valence-corrected chi connectivity index (χ3v) is 4.98. The lowest BCUT2D eigenvalue weighted by Crippen LogP contribution is -1.89. The van der Waals surface area contributed by atoms with Crippen molar-refractivity contribution in [1.29, 1.82) is 0 Å². The Hall–Kier alpha value is -3.33. The maximum absolute atomic E-state index is 5.76. The third-order valence-electron chi connectivity index (χ3n) is 4.15. The van der Waals surface area contributed by atoms with Crippen molar-refractivity contribution in [2.24, 2.45) is 0 Å². The van der Waals surface area contributed by atoms with Crippen molar-refractivity contribution in [3.05, 3.63) is 53.9 Å². The molecule has 0 saturated carbocycles. The van der Waals surface area contributed by atoms with Crippen LogP contribution in [0.4, 0.5) is 0 Å². The Morgan fingerprint density at radius 1 is 1.00 bits per heavy atom. The molecule has 0 aliphatic carbocycles. The van der Waals surface area contributed by atoms with Crippen LogP contribution in [0.5, 0.6) is 11.5 Å². The van der Waals surface area contributed by atoms with Crippen LogP contribution in [-0.4, -0.2) is 39.6 Å². The summed E-state index contributed by atoms with van der Waals surface area (Å²) in [4.78, 5) is 4.52. The van der Waals surface area contributed by atoms with Gasteiger partial charge in [-0.3, -0.25) is 5.10 Å². The van der Waals surface area contributed by atoms with Crippen molar-refractivity contribution in [1.82, 2.24) is 25.4 Å². The Balaban J connectivity index is 1.45. The highest BCUT2D eigenvalue weighted by Gasteiger charge is 2.13. The molecule has 0 saturated heterocycles. The molecule has 4 aromatic rings. The molecule has 0 spiro atoms. The van der Waals surface area contributed by atoms with Gasteiger partial charge in [-0.05, 0) is 31.2 Å². The minimum atomic E-state index is 0.470. The largest absolute Gasteiger partial charge is 0.497 e. The van der Waals surface area contributed by atoms with Gasteiger partial charge in [-0.2, -0.15) is 0 Å². The van der Waals surface area contributed by atoms with Gasteiger partial charge in [0, 0.05) is 17.2 Å². The number of hydrogen-bond acceptors (Lipinski definition) is 8. The second kappa shape index (κ2) is 8.36. The summed E-state index contributed by atoms with van der Waals surface area (Å²) in [6.07, 6.45) is 0. The fourth-order valence-corrected chi connectivity index (χ4v) is 3.35. The number of thioether (sulfide) groups is 1. The van der Waals surface area contributed by atoms with E-state index in [4.69, 9.17) is 13.9 Å². The standard InChI is InChI=1S/C20H19N5O3S/c1-12-5-4-6-13(7-12)19-24-22-17(28-19)11-29-20-21-18(23-25-20)14-8-15(26-2)10-16(9-14)27-3/h4-10H,11H2,1-3H3,(H,21,23,25). The first-order chi connectivity index (χ1) is 14.1. The molecule has 0 atom stereocenters. The van der Waals surface area contributed by atoms with Crippen LogP contribution in [-0.2, 0) is 5.75 Å². The van der Waals surface area contributed by atoms with Gasteiger partial charge >= 0.3 is 0 Å². The third kappa shape index (κ3) is 4.40. The van der Waals surface area contributed by atoms with Crippen LogP contribution in [0.25, 0.3) is 22.8 Å². The number of nitrogens with one attached hydrogen (secondary N) is 1. The molecular weight excluding hydrogens is 390 g/mol. The van der Waals surface area contributed by atoms with E-state index in [1.54, 1.807) is 20.3 Å². The van der Waals surface area contributed by atoms with E-state index < -0.39 is 0 Å². The van der Waals surface area contributed by atoms with Crippen molar-refractivity contribution in [2.45, 2.75) is 17.8 Å². The van der Waals surface area contributed by atoms with Gasteiger partial charge in [0.2, 0.25) is 16.9 Å². The molecule has 0 fully saturated rings. The predicted molar refractivity (Wildman–Crippen MR) is 109 cm³/mol. The van der Waals surface area contributed by atoms with E-state index in [0.717, 1.165) is 16.7 Å². The SMILES string of the molecule is COc1cc(OC)cc(-c2nc(SCc3nnc(-c4cccc(C)c4)o3)n[nH]2)c1. The van der Waals surface area contributed by atoms with Crippen molar-refractivity contribution in [3.63, 3.8) is 0 Å². The molecule has 0 aliphatic rings. The van der Waals surface area contributed by atoms with Crippen LogP contribution in [0, 0.1) is 6.92 Å². The Labute approximate surface area is 171 Å². The maximum atomic E-state index is 5.76. The van der Waals surface area contributed by atoms with Crippen LogP contribution in [0.1, 0.15) is 11.5 Å². The molecule has 2 aromatic heterocycles. The number of hydrogen-bond donors (Lipinski definition) is 1. The Kier molecular flexibility index (Phi) is 5.48. The molecule has 0 amide bonds. The van der Waals surface area contributed by atoms with Crippen molar-refractivity contribution in [3.8, 4) is 34.3 Å². The quantitative estimate of drug-likeness (QED) is 0.455. The van der Waals surface area contributed by atoms with E-state index in [1.807, 2.05) is 43.3 Å². The average Bonchev–Trinajstić information content (AvgIpc) is 3.41. The van der Waals surface area contributed by atoms with Gasteiger partial charge < -0.3 is 13.9 Å². The van der Waals surface area contributed by atoms with Gasteiger partial charge in [0.05, 0.1) is 20.0 Å². The molecular formula is C20H19N5O3S. The zero-order chi connectivity index (χ0) is 20.2. The van der Waals surface area contributed by atoms with Crippen LogP contribution < -0.4 is 9.47 Å². The second-order valence-corrected chi connectivity index (χ2v) is 7.17. The van der Waals surface area contributed by atoms with Crippen LogP contribution in [0.2, 0.25) is 0 Å². The zero-order valence-corrected chi connectivity index (χ0v) is 17.0. The fourth-order valence-electron chi connectivity index (χ4n) is 2.72. The number of ether oxygens (including phenoxy) is 2. The van der Waals surface area contributed by atoms with Crippen LogP contribution >= 0.6 is 11.8 Å². The molecule has 0 radical (unpaired) electrons. The smallest absolute Gasteiger partial charge is 0.247 e. The fraction of sp³-hybridized carbons (Fsp3) is 0.200. The summed E-state index contributed by atoms with van der Waals surface area (Å²) >= 11 is 1.41. The first-order valence-corrected chi connectivity index (χ1v) is 9.81. The molecule has 1 N–H and O–H groups in total. The molecule has 8 nitrogen and oxygen atoms in total. The lowest BCUT2D eigenvalue weighted by atomic mass is 10.1. The summed E-state index contributed by atoms with van der Waals surface area (Å²) in [7, 11) is 3.21. The zero-order valence-electron chi connectivity index (χ0n) is 16.2.